The molecule has 0 aliphatic carbocycles. The fraction of sp³-hybridized carbons (Fsp3) is 0.0714. The van der Waals surface area contributed by atoms with Crippen molar-refractivity contribution >= 4 is 43.0 Å². The lowest BCUT2D eigenvalue weighted by Crippen LogP contribution is -2.12. The monoisotopic (exact) mass is 368 g/mol. The van der Waals surface area contributed by atoms with Gasteiger partial charge in [-0.25, -0.2) is 8.42 Å². The van der Waals surface area contributed by atoms with Crippen LogP contribution in [0.25, 0.3) is 0 Å². The van der Waals surface area contributed by atoms with Crippen LogP contribution in [0.15, 0.2) is 51.8 Å². The summed E-state index contributed by atoms with van der Waals surface area (Å²) < 4.78 is 23.4. The molecule has 21 heavy (non-hydrogen) atoms. The maximum Gasteiger partial charge on any atom is 0.255 e. The number of benzene rings is 2. The lowest BCUT2D eigenvalue weighted by Gasteiger charge is -2.07. The summed E-state index contributed by atoms with van der Waals surface area (Å²) >= 11 is 3.26. The summed E-state index contributed by atoms with van der Waals surface area (Å²) in [5.41, 5.74) is 7.12. The van der Waals surface area contributed by atoms with E-state index < -0.39 is 9.84 Å². The Bertz CT molecular complexity index is 786. The van der Waals surface area contributed by atoms with Crippen LogP contribution in [0.4, 0.5) is 11.4 Å². The van der Waals surface area contributed by atoms with Crippen molar-refractivity contribution in [2.45, 2.75) is 4.90 Å². The second kappa shape index (κ2) is 5.87. The summed E-state index contributed by atoms with van der Waals surface area (Å²) in [6, 6.07) is 10.9. The van der Waals surface area contributed by atoms with Gasteiger partial charge in [-0.05, 0) is 58.4 Å². The van der Waals surface area contributed by atoms with Gasteiger partial charge >= 0.3 is 0 Å². The zero-order chi connectivity index (χ0) is 15.6. The number of halogens is 1. The SMILES string of the molecule is CS(=O)(=O)c1ccc(NC(=O)c2ccc(Br)c(N)c2)cc1. The Kier molecular flexibility index (Phi) is 4.34. The van der Waals surface area contributed by atoms with E-state index in [4.69, 9.17) is 5.73 Å². The molecule has 1 amide bonds. The summed E-state index contributed by atoms with van der Waals surface area (Å²) in [5, 5.41) is 2.68. The topological polar surface area (TPSA) is 89.3 Å². The second-order valence-corrected chi connectivity index (χ2v) is 7.36. The molecule has 0 aliphatic rings. The first kappa shape index (κ1) is 15.5. The second-order valence-electron chi connectivity index (χ2n) is 4.49. The Balaban J connectivity index is 2.18. The van der Waals surface area contributed by atoms with Crippen molar-refractivity contribution in [3.63, 3.8) is 0 Å². The molecule has 0 unspecified atom stereocenters. The minimum absolute atomic E-state index is 0.202. The van der Waals surface area contributed by atoms with E-state index in [2.05, 4.69) is 21.2 Å². The van der Waals surface area contributed by atoms with Gasteiger partial charge in [-0.3, -0.25) is 4.79 Å². The van der Waals surface area contributed by atoms with Gasteiger partial charge in [-0.15, -0.1) is 0 Å². The maximum atomic E-state index is 12.1. The van der Waals surface area contributed by atoms with Crippen LogP contribution in [0.3, 0.4) is 0 Å². The third-order valence-electron chi connectivity index (χ3n) is 2.80. The van der Waals surface area contributed by atoms with Gasteiger partial charge in [0, 0.05) is 27.7 Å². The average Bonchev–Trinajstić information content (AvgIpc) is 2.41. The van der Waals surface area contributed by atoms with Crippen molar-refractivity contribution in [2.24, 2.45) is 0 Å². The highest BCUT2D eigenvalue weighted by Gasteiger charge is 2.10. The average molecular weight is 369 g/mol. The third kappa shape index (κ3) is 3.83. The predicted octanol–water partition coefficient (Wildman–Crippen LogP) is 2.69. The molecule has 0 heterocycles. The van der Waals surface area contributed by atoms with E-state index in [9.17, 15) is 13.2 Å². The molecule has 0 aromatic heterocycles. The number of sulfone groups is 1. The quantitative estimate of drug-likeness (QED) is 0.815. The first-order chi connectivity index (χ1) is 9.77. The van der Waals surface area contributed by atoms with E-state index in [-0.39, 0.29) is 10.8 Å². The van der Waals surface area contributed by atoms with Crippen LogP contribution in [-0.2, 0) is 9.84 Å². The molecule has 2 aromatic rings. The van der Waals surface area contributed by atoms with Crippen LogP contribution < -0.4 is 11.1 Å². The highest BCUT2D eigenvalue weighted by Crippen LogP contribution is 2.21. The standard InChI is InChI=1S/C14H13BrN2O3S/c1-21(19,20)11-5-3-10(4-6-11)17-14(18)9-2-7-12(15)13(16)8-9/h2-8H,16H2,1H3,(H,17,18). The molecular formula is C14H13BrN2O3S. The van der Waals surface area contributed by atoms with E-state index in [1.165, 1.54) is 24.3 Å². The van der Waals surface area contributed by atoms with Crippen LogP contribution in [0, 0.1) is 0 Å². The van der Waals surface area contributed by atoms with Gasteiger partial charge < -0.3 is 11.1 Å². The molecular weight excluding hydrogens is 356 g/mol. The zero-order valence-electron chi connectivity index (χ0n) is 11.1. The Morgan fingerprint density at radius 3 is 2.29 bits per heavy atom. The molecule has 110 valence electrons. The lowest BCUT2D eigenvalue weighted by molar-refractivity contribution is 0.102. The van der Waals surface area contributed by atoms with Crippen LogP contribution in [-0.4, -0.2) is 20.6 Å². The van der Waals surface area contributed by atoms with Gasteiger partial charge in [0.05, 0.1) is 4.90 Å². The maximum absolute atomic E-state index is 12.1. The predicted molar refractivity (Wildman–Crippen MR) is 86.1 cm³/mol. The summed E-state index contributed by atoms with van der Waals surface area (Å²) in [6.45, 7) is 0. The van der Waals surface area contributed by atoms with E-state index in [0.29, 0.717) is 16.9 Å². The molecule has 0 bridgehead atoms. The molecule has 2 rings (SSSR count). The third-order valence-corrected chi connectivity index (χ3v) is 4.65. The van der Waals surface area contributed by atoms with Gasteiger partial charge in [0.1, 0.15) is 0 Å². The minimum Gasteiger partial charge on any atom is -0.398 e. The van der Waals surface area contributed by atoms with E-state index >= 15 is 0 Å². The van der Waals surface area contributed by atoms with Gasteiger partial charge in [0.2, 0.25) is 0 Å². The van der Waals surface area contributed by atoms with Gasteiger partial charge in [0.25, 0.3) is 5.91 Å². The Hall–Kier alpha value is -1.86. The molecule has 0 saturated heterocycles. The summed E-state index contributed by atoms with van der Waals surface area (Å²) in [4.78, 5) is 12.3. The Morgan fingerprint density at radius 2 is 1.76 bits per heavy atom. The van der Waals surface area contributed by atoms with Gasteiger partial charge in [0.15, 0.2) is 9.84 Å². The highest BCUT2D eigenvalue weighted by atomic mass is 79.9. The molecule has 0 radical (unpaired) electrons. The normalized spacial score (nSPS) is 11.1. The van der Waals surface area contributed by atoms with Crippen molar-refractivity contribution in [3.8, 4) is 0 Å². The number of nitrogen functional groups attached to an aromatic ring is 1. The number of nitrogens with one attached hydrogen (secondary N) is 1. The summed E-state index contributed by atoms with van der Waals surface area (Å²) in [7, 11) is -3.25. The van der Waals surface area contributed by atoms with Crippen molar-refractivity contribution < 1.29 is 13.2 Å². The first-order valence-electron chi connectivity index (χ1n) is 5.94. The van der Waals surface area contributed by atoms with Crippen LogP contribution >= 0.6 is 15.9 Å². The molecule has 0 saturated carbocycles. The fourth-order valence-corrected chi connectivity index (χ4v) is 2.55. The number of carbonyl (C=O) groups excluding carboxylic acids is 1. The molecule has 5 nitrogen and oxygen atoms in total. The molecule has 0 spiro atoms. The number of hydrogen-bond acceptors (Lipinski definition) is 4. The number of amides is 1. The number of rotatable bonds is 3. The lowest BCUT2D eigenvalue weighted by atomic mass is 10.2. The van der Waals surface area contributed by atoms with Crippen molar-refractivity contribution in [1.82, 2.24) is 0 Å². The zero-order valence-corrected chi connectivity index (χ0v) is 13.5. The molecule has 0 atom stereocenters. The fourth-order valence-electron chi connectivity index (χ4n) is 1.67. The van der Waals surface area contributed by atoms with E-state index in [1.54, 1.807) is 18.2 Å². The Labute approximate surface area is 131 Å². The molecule has 7 heteroatoms. The van der Waals surface area contributed by atoms with Gasteiger partial charge in [-0.1, -0.05) is 0 Å². The largest absolute Gasteiger partial charge is 0.398 e. The van der Waals surface area contributed by atoms with Crippen LogP contribution in [0.1, 0.15) is 10.4 Å². The smallest absolute Gasteiger partial charge is 0.255 e. The van der Waals surface area contributed by atoms with Crippen LogP contribution in [0.5, 0.6) is 0 Å². The molecule has 0 fully saturated rings. The number of anilines is 2. The summed E-state index contributed by atoms with van der Waals surface area (Å²) in [5.74, 6) is -0.318. The number of carbonyl (C=O) groups is 1. The number of hydrogen-bond donors (Lipinski definition) is 2. The summed E-state index contributed by atoms with van der Waals surface area (Å²) in [6.07, 6.45) is 1.13. The van der Waals surface area contributed by atoms with Crippen LogP contribution in [0.2, 0.25) is 0 Å². The van der Waals surface area contributed by atoms with Crippen molar-refractivity contribution in [1.29, 1.82) is 0 Å². The minimum atomic E-state index is -3.25. The van der Waals surface area contributed by atoms with E-state index in [0.717, 1.165) is 10.7 Å². The van der Waals surface area contributed by atoms with Crippen molar-refractivity contribution in [2.75, 3.05) is 17.3 Å². The van der Waals surface area contributed by atoms with E-state index in [1.807, 2.05) is 0 Å². The number of nitrogens with two attached hydrogens (primary N) is 1. The Morgan fingerprint density at radius 1 is 1.14 bits per heavy atom. The highest BCUT2D eigenvalue weighted by molar-refractivity contribution is 9.10. The van der Waals surface area contributed by atoms with Crippen molar-refractivity contribution in [3.05, 3.63) is 52.5 Å². The molecule has 0 aliphatic heterocycles. The van der Waals surface area contributed by atoms with Gasteiger partial charge in [-0.2, -0.15) is 0 Å². The first-order valence-corrected chi connectivity index (χ1v) is 8.62. The molecule has 3 N–H and O–H groups in total. The molecule has 2 aromatic carbocycles.